The summed E-state index contributed by atoms with van der Waals surface area (Å²) < 4.78 is 5.53. The summed E-state index contributed by atoms with van der Waals surface area (Å²) in [5.74, 6) is 0.240. The van der Waals surface area contributed by atoms with Crippen molar-refractivity contribution in [3.8, 4) is 5.75 Å². The van der Waals surface area contributed by atoms with Crippen LogP contribution >= 0.6 is 0 Å². The molecule has 1 aromatic carbocycles. The summed E-state index contributed by atoms with van der Waals surface area (Å²) in [6, 6.07) is 7.38. The van der Waals surface area contributed by atoms with Gasteiger partial charge in [-0.1, -0.05) is 0 Å². The first kappa shape index (κ1) is 12.4. The van der Waals surface area contributed by atoms with Gasteiger partial charge in [0.05, 0.1) is 19.2 Å². The summed E-state index contributed by atoms with van der Waals surface area (Å²) in [5.41, 5.74) is 0.842. The third-order valence-corrected chi connectivity index (χ3v) is 2.52. The van der Waals surface area contributed by atoms with E-state index in [1.807, 2.05) is 38.1 Å². The van der Waals surface area contributed by atoms with Crippen molar-refractivity contribution in [2.75, 3.05) is 18.0 Å². The minimum Gasteiger partial charge on any atom is -0.491 e. The molecule has 0 unspecified atom stereocenters. The Labute approximate surface area is 106 Å². The van der Waals surface area contributed by atoms with Gasteiger partial charge < -0.3 is 9.64 Å². The molecule has 0 saturated carbocycles. The lowest BCUT2D eigenvalue weighted by Gasteiger charge is -2.27. The summed E-state index contributed by atoms with van der Waals surface area (Å²) in [6.07, 6.45) is 0.123. The Morgan fingerprint density at radius 3 is 2.17 bits per heavy atom. The molecule has 5 heteroatoms. The Bertz CT molecular complexity index is 438. The monoisotopic (exact) mass is 248 g/mol. The van der Waals surface area contributed by atoms with Crippen LogP contribution in [-0.4, -0.2) is 31.0 Å². The molecule has 2 amide bonds. The van der Waals surface area contributed by atoms with Gasteiger partial charge in [0.1, 0.15) is 5.75 Å². The van der Waals surface area contributed by atoms with Gasteiger partial charge in [0.25, 0.3) is 0 Å². The Kier molecular flexibility index (Phi) is 3.50. The van der Waals surface area contributed by atoms with E-state index in [2.05, 4.69) is 5.32 Å². The van der Waals surface area contributed by atoms with Crippen molar-refractivity contribution >= 4 is 17.5 Å². The van der Waals surface area contributed by atoms with Crippen molar-refractivity contribution in [3.05, 3.63) is 24.3 Å². The normalized spacial score (nSPS) is 15.8. The van der Waals surface area contributed by atoms with Crippen molar-refractivity contribution in [2.24, 2.45) is 0 Å². The fraction of sp³-hybridized carbons (Fsp3) is 0.385. The standard InChI is InChI=1S/C13H16N2O3/c1-9(2)18-11-5-3-10(4-6-11)15-7-12(16)14-13(17)8-15/h3-6,9H,7-8H2,1-2H3,(H,14,16,17). The number of piperazine rings is 1. The van der Waals surface area contributed by atoms with Gasteiger partial charge in [-0.2, -0.15) is 0 Å². The molecule has 0 spiro atoms. The number of benzene rings is 1. The number of hydrogen-bond donors (Lipinski definition) is 1. The molecule has 0 radical (unpaired) electrons. The van der Waals surface area contributed by atoms with Gasteiger partial charge in [-0.25, -0.2) is 0 Å². The van der Waals surface area contributed by atoms with Gasteiger partial charge >= 0.3 is 0 Å². The molecular weight excluding hydrogens is 232 g/mol. The lowest BCUT2D eigenvalue weighted by atomic mass is 10.2. The molecule has 96 valence electrons. The van der Waals surface area contributed by atoms with Crippen molar-refractivity contribution < 1.29 is 14.3 Å². The zero-order chi connectivity index (χ0) is 13.1. The third-order valence-electron chi connectivity index (χ3n) is 2.52. The lowest BCUT2D eigenvalue weighted by molar-refractivity contribution is -0.130. The summed E-state index contributed by atoms with van der Waals surface area (Å²) in [7, 11) is 0. The molecular formula is C13H16N2O3. The largest absolute Gasteiger partial charge is 0.491 e. The summed E-state index contributed by atoms with van der Waals surface area (Å²) in [4.78, 5) is 24.3. The van der Waals surface area contributed by atoms with E-state index in [4.69, 9.17) is 4.74 Å². The molecule has 1 aliphatic rings. The fourth-order valence-corrected chi connectivity index (χ4v) is 1.83. The topological polar surface area (TPSA) is 58.6 Å². The van der Waals surface area contributed by atoms with Crippen molar-refractivity contribution in [1.29, 1.82) is 0 Å². The highest BCUT2D eigenvalue weighted by Gasteiger charge is 2.22. The van der Waals surface area contributed by atoms with Gasteiger partial charge in [-0.15, -0.1) is 0 Å². The number of ether oxygens (including phenoxy) is 1. The van der Waals surface area contributed by atoms with E-state index in [-0.39, 0.29) is 31.0 Å². The smallest absolute Gasteiger partial charge is 0.246 e. The Morgan fingerprint density at radius 2 is 1.67 bits per heavy atom. The highest BCUT2D eigenvalue weighted by molar-refractivity contribution is 6.02. The maximum absolute atomic E-state index is 11.3. The van der Waals surface area contributed by atoms with E-state index >= 15 is 0 Å². The molecule has 18 heavy (non-hydrogen) atoms. The molecule has 1 N–H and O–H groups in total. The molecule has 2 rings (SSSR count). The molecule has 1 saturated heterocycles. The molecule has 0 aromatic heterocycles. The van der Waals surface area contributed by atoms with E-state index in [1.165, 1.54) is 0 Å². The van der Waals surface area contributed by atoms with Crippen LogP contribution in [0.1, 0.15) is 13.8 Å². The second-order valence-corrected chi connectivity index (χ2v) is 4.49. The molecule has 1 aliphatic heterocycles. The molecule has 1 fully saturated rings. The average molecular weight is 248 g/mol. The number of imide groups is 1. The van der Waals surface area contributed by atoms with Crippen LogP contribution in [0.15, 0.2) is 24.3 Å². The number of rotatable bonds is 3. The quantitative estimate of drug-likeness (QED) is 0.809. The minimum atomic E-state index is -0.270. The van der Waals surface area contributed by atoms with Crippen molar-refractivity contribution in [1.82, 2.24) is 5.32 Å². The zero-order valence-corrected chi connectivity index (χ0v) is 10.5. The molecule has 5 nitrogen and oxygen atoms in total. The maximum Gasteiger partial charge on any atom is 0.246 e. The van der Waals surface area contributed by atoms with E-state index in [0.717, 1.165) is 11.4 Å². The van der Waals surface area contributed by atoms with Crippen LogP contribution in [0.25, 0.3) is 0 Å². The molecule has 1 heterocycles. The van der Waals surface area contributed by atoms with Crippen LogP contribution < -0.4 is 15.0 Å². The summed E-state index contributed by atoms with van der Waals surface area (Å²) in [6.45, 7) is 4.33. The van der Waals surface area contributed by atoms with Crippen LogP contribution in [0.3, 0.4) is 0 Å². The molecule has 0 atom stereocenters. The number of carbonyl (C=O) groups excluding carboxylic acids is 2. The summed E-state index contributed by atoms with van der Waals surface area (Å²) >= 11 is 0. The van der Waals surface area contributed by atoms with E-state index < -0.39 is 0 Å². The Hall–Kier alpha value is -2.04. The number of carbonyl (C=O) groups is 2. The first-order chi connectivity index (χ1) is 8.54. The first-order valence-corrected chi connectivity index (χ1v) is 5.89. The highest BCUT2D eigenvalue weighted by Crippen LogP contribution is 2.20. The fourth-order valence-electron chi connectivity index (χ4n) is 1.83. The predicted molar refractivity (Wildman–Crippen MR) is 67.6 cm³/mol. The number of anilines is 1. The zero-order valence-electron chi connectivity index (χ0n) is 10.5. The van der Waals surface area contributed by atoms with Crippen molar-refractivity contribution in [3.63, 3.8) is 0 Å². The van der Waals surface area contributed by atoms with Gasteiger partial charge in [0.2, 0.25) is 11.8 Å². The highest BCUT2D eigenvalue weighted by atomic mass is 16.5. The van der Waals surface area contributed by atoms with E-state index in [1.54, 1.807) is 4.90 Å². The van der Waals surface area contributed by atoms with Crippen LogP contribution in [0, 0.1) is 0 Å². The van der Waals surface area contributed by atoms with Gasteiger partial charge in [0, 0.05) is 5.69 Å². The maximum atomic E-state index is 11.3. The van der Waals surface area contributed by atoms with Crippen LogP contribution in [0.4, 0.5) is 5.69 Å². The molecule has 0 aliphatic carbocycles. The predicted octanol–water partition coefficient (Wildman–Crippen LogP) is 0.937. The van der Waals surface area contributed by atoms with Gasteiger partial charge in [-0.05, 0) is 38.1 Å². The SMILES string of the molecule is CC(C)Oc1ccc(N2CC(=O)NC(=O)C2)cc1. The second kappa shape index (κ2) is 5.08. The van der Waals surface area contributed by atoms with Crippen LogP contribution in [0.2, 0.25) is 0 Å². The number of nitrogens with one attached hydrogen (secondary N) is 1. The number of hydrogen-bond acceptors (Lipinski definition) is 4. The number of amides is 2. The Balaban J connectivity index is 2.09. The van der Waals surface area contributed by atoms with Gasteiger partial charge in [-0.3, -0.25) is 14.9 Å². The second-order valence-electron chi connectivity index (χ2n) is 4.49. The first-order valence-electron chi connectivity index (χ1n) is 5.89. The van der Waals surface area contributed by atoms with E-state index in [9.17, 15) is 9.59 Å². The van der Waals surface area contributed by atoms with E-state index in [0.29, 0.717) is 0 Å². The van der Waals surface area contributed by atoms with Crippen molar-refractivity contribution in [2.45, 2.75) is 20.0 Å². The van der Waals surface area contributed by atoms with Gasteiger partial charge in [0.15, 0.2) is 0 Å². The third kappa shape index (κ3) is 3.00. The lowest BCUT2D eigenvalue weighted by Crippen LogP contribution is -2.51. The summed E-state index contributed by atoms with van der Waals surface area (Å²) in [5, 5.41) is 2.27. The average Bonchev–Trinajstić information content (AvgIpc) is 2.27. The Morgan fingerprint density at radius 1 is 1.11 bits per heavy atom. The number of nitrogens with zero attached hydrogens (tertiary/aromatic N) is 1. The van der Waals surface area contributed by atoms with Crippen LogP contribution in [-0.2, 0) is 9.59 Å². The van der Waals surface area contributed by atoms with Crippen LogP contribution in [0.5, 0.6) is 5.75 Å². The molecule has 1 aromatic rings. The molecule has 0 bridgehead atoms. The minimum absolute atomic E-state index is 0.123.